The van der Waals surface area contributed by atoms with Crippen LogP contribution < -0.4 is 19.1 Å². The maximum Gasteiger partial charge on any atom is 0.267 e. The highest BCUT2D eigenvalue weighted by Crippen LogP contribution is 2.38. The minimum Gasteiger partial charge on any atom is -0.497 e. The molecule has 2 heterocycles. The minimum absolute atomic E-state index is 0.0526. The Kier molecular flexibility index (Phi) is 7.47. The molecule has 0 N–H and O–H groups in total. The lowest BCUT2D eigenvalue weighted by molar-refractivity contribution is -0.125. The number of fused-ring (bicyclic) bond motifs is 1. The number of rotatable bonds is 10. The lowest BCUT2D eigenvalue weighted by Gasteiger charge is -2.33. The third kappa shape index (κ3) is 5.46. The van der Waals surface area contributed by atoms with Crippen molar-refractivity contribution in [3.05, 3.63) is 52.9 Å². The first-order chi connectivity index (χ1) is 16.1. The Hall–Kier alpha value is -3.10. The number of benzene rings is 2. The number of carbonyl (C=O) groups excluding carboxylic acids is 1. The molecule has 0 bridgehead atoms. The summed E-state index contributed by atoms with van der Waals surface area (Å²) in [6, 6.07) is 13.4. The van der Waals surface area contributed by atoms with Crippen LogP contribution in [0.25, 0.3) is 11.3 Å². The SMILES string of the molecule is COCCc1nc(-c2ccc3c(c2)N(CCCOc2ccc(OC)cc2)C(=O)C(C)O3)cs1. The molecule has 0 fully saturated rings. The summed E-state index contributed by atoms with van der Waals surface area (Å²) in [6.45, 7) is 3.46. The van der Waals surface area contributed by atoms with Crippen LogP contribution in [0.3, 0.4) is 0 Å². The second-order valence-electron chi connectivity index (χ2n) is 7.68. The van der Waals surface area contributed by atoms with E-state index in [1.165, 1.54) is 0 Å². The third-order valence-corrected chi connectivity index (χ3v) is 6.30. The average Bonchev–Trinajstić information content (AvgIpc) is 3.31. The molecule has 33 heavy (non-hydrogen) atoms. The van der Waals surface area contributed by atoms with Gasteiger partial charge in [-0.2, -0.15) is 0 Å². The molecule has 1 aliphatic rings. The van der Waals surface area contributed by atoms with E-state index in [-0.39, 0.29) is 5.91 Å². The van der Waals surface area contributed by atoms with Gasteiger partial charge in [-0.25, -0.2) is 4.98 Å². The molecule has 0 spiro atoms. The van der Waals surface area contributed by atoms with Gasteiger partial charge in [0, 0.05) is 31.0 Å². The van der Waals surface area contributed by atoms with Crippen molar-refractivity contribution in [2.24, 2.45) is 0 Å². The molecule has 2 aromatic carbocycles. The zero-order valence-corrected chi connectivity index (χ0v) is 19.9. The molecule has 1 unspecified atom stereocenters. The van der Waals surface area contributed by atoms with Crippen molar-refractivity contribution in [3.8, 4) is 28.5 Å². The largest absolute Gasteiger partial charge is 0.497 e. The number of methoxy groups -OCH3 is 2. The summed E-state index contributed by atoms with van der Waals surface area (Å²) in [7, 11) is 3.32. The van der Waals surface area contributed by atoms with Crippen molar-refractivity contribution in [2.45, 2.75) is 25.9 Å². The number of hydrogen-bond donors (Lipinski definition) is 0. The van der Waals surface area contributed by atoms with Gasteiger partial charge in [0.1, 0.15) is 17.2 Å². The summed E-state index contributed by atoms with van der Waals surface area (Å²) >= 11 is 1.61. The molecule has 0 aliphatic carbocycles. The molecule has 1 aromatic heterocycles. The van der Waals surface area contributed by atoms with Gasteiger partial charge in [0.25, 0.3) is 5.91 Å². The molecule has 1 atom stereocenters. The standard InChI is InChI=1S/C25H28N2O5S/c1-17-25(28)27(12-4-13-31-20-8-6-19(30-3)7-9-20)22-15-18(5-10-23(22)32-17)21-16-33-24(26-21)11-14-29-2/h5-10,15-17H,4,11-14H2,1-3H3. The maximum absolute atomic E-state index is 12.9. The van der Waals surface area contributed by atoms with Crippen LogP contribution in [0.5, 0.6) is 17.2 Å². The lowest BCUT2D eigenvalue weighted by Crippen LogP contribution is -2.45. The van der Waals surface area contributed by atoms with Crippen LogP contribution in [0.15, 0.2) is 47.8 Å². The van der Waals surface area contributed by atoms with E-state index in [4.69, 9.17) is 23.9 Å². The van der Waals surface area contributed by atoms with Gasteiger partial charge in [-0.1, -0.05) is 0 Å². The predicted octanol–water partition coefficient (Wildman–Crippen LogP) is 4.59. The first kappa shape index (κ1) is 23.1. The van der Waals surface area contributed by atoms with Gasteiger partial charge < -0.3 is 23.8 Å². The summed E-state index contributed by atoms with van der Waals surface area (Å²) in [4.78, 5) is 19.4. The highest BCUT2D eigenvalue weighted by Gasteiger charge is 2.31. The van der Waals surface area contributed by atoms with Crippen LogP contribution in [0.4, 0.5) is 5.69 Å². The number of hydrogen-bond acceptors (Lipinski definition) is 7. The molecule has 0 saturated heterocycles. The molecule has 174 valence electrons. The van der Waals surface area contributed by atoms with Crippen molar-refractivity contribution in [2.75, 3.05) is 38.9 Å². The van der Waals surface area contributed by atoms with Crippen molar-refractivity contribution >= 4 is 22.9 Å². The van der Waals surface area contributed by atoms with Gasteiger partial charge in [-0.05, 0) is 55.8 Å². The Labute approximate surface area is 197 Å². The van der Waals surface area contributed by atoms with Crippen molar-refractivity contribution in [1.29, 1.82) is 0 Å². The van der Waals surface area contributed by atoms with Crippen molar-refractivity contribution in [3.63, 3.8) is 0 Å². The summed E-state index contributed by atoms with van der Waals surface area (Å²) in [5.74, 6) is 2.21. The van der Waals surface area contributed by atoms with E-state index in [1.54, 1.807) is 37.4 Å². The summed E-state index contributed by atoms with van der Waals surface area (Å²) < 4.78 is 22.0. The second kappa shape index (κ2) is 10.7. The molecular formula is C25H28N2O5S. The summed E-state index contributed by atoms with van der Waals surface area (Å²) in [5.41, 5.74) is 2.62. The first-order valence-corrected chi connectivity index (χ1v) is 11.8. The van der Waals surface area contributed by atoms with E-state index >= 15 is 0 Å². The Morgan fingerprint density at radius 3 is 2.64 bits per heavy atom. The molecule has 1 amide bonds. The fourth-order valence-corrected chi connectivity index (χ4v) is 4.42. The van der Waals surface area contributed by atoms with E-state index in [0.29, 0.717) is 31.9 Å². The smallest absolute Gasteiger partial charge is 0.267 e. The monoisotopic (exact) mass is 468 g/mol. The predicted molar refractivity (Wildman–Crippen MR) is 129 cm³/mol. The Morgan fingerprint density at radius 1 is 1.09 bits per heavy atom. The van der Waals surface area contributed by atoms with Crippen LogP contribution in [0, 0.1) is 0 Å². The van der Waals surface area contributed by atoms with Gasteiger partial charge in [0.2, 0.25) is 0 Å². The Balaban J connectivity index is 1.45. The molecular weight excluding hydrogens is 440 g/mol. The lowest BCUT2D eigenvalue weighted by atomic mass is 10.1. The zero-order chi connectivity index (χ0) is 23.2. The van der Waals surface area contributed by atoms with Gasteiger partial charge in [-0.15, -0.1) is 11.3 Å². The van der Waals surface area contributed by atoms with Gasteiger partial charge in [0.15, 0.2) is 6.10 Å². The van der Waals surface area contributed by atoms with Gasteiger partial charge >= 0.3 is 0 Å². The molecule has 7 nitrogen and oxygen atoms in total. The highest BCUT2D eigenvalue weighted by molar-refractivity contribution is 7.09. The zero-order valence-electron chi connectivity index (χ0n) is 19.1. The summed E-state index contributed by atoms with van der Waals surface area (Å²) in [5, 5.41) is 3.06. The first-order valence-electron chi connectivity index (χ1n) is 10.9. The average molecular weight is 469 g/mol. The van der Waals surface area contributed by atoms with Crippen molar-refractivity contribution in [1.82, 2.24) is 4.98 Å². The fraction of sp³-hybridized carbons (Fsp3) is 0.360. The summed E-state index contributed by atoms with van der Waals surface area (Å²) in [6.07, 6.45) is 0.947. The van der Waals surface area contributed by atoms with E-state index < -0.39 is 6.10 Å². The number of thiazole rings is 1. The molecule has 0 radical (unpaired) electrons. The maximum atomic E-state index is 12.9. The molecule has 3 aromatic rings. The highest BCUT2D eigenvalue weighted by atomic mass is 32.1. The van der Waals surface area contributed by atoms with Crippen LogP contribution in [-0.2, 0) is 16.0 Å². The number of aromatic nitrogens is 1. The van der Waals surface area contributed by atoms with Crippen LogP contribution >= 0.6 is 11.3 Å². The number of anilines is 1. The second-order valence-corrected chi connectivity index (χ2v) is 8.62. The fourth-order valence-electron chi connectivity index (χ4n) is 3.63. The van der Waals surface area contributed by atoms with Gasteiger partial charge in [-0.3, -0.25) is 4.79 Å². The number of ether oxygens (including phenoxy) is 4. The number of nitrogens with zero attached hydrogens (tertiary/aromatic N) is 2. The Bertz CT molecular complexity index is 1080. The topological polar surface area (TPSA) is 70.1 Å². The molecule has 0 saturated carbocycles. The quantitative estimate of drug-likeness (QED) is 0.406. The van der Waals surface area contributed by atoms with Gasteiger partial charge in [0.05, 0.1) is 36.7 Å². The normalized spacial score (nSPS) is 15.2. The molecule has 8 heteroatoms. The van der Waals surface area contributed by atoms with Crippen LogP contribution in [0.2, 0.25) is 0 Å². The van der Waals surface area contributed by atoms with E-state index in [9.17, 15) is 4.79 Å². The number of carbonyl (C=O) groups is 1. The molecule has 1 aliphatic heterocycles. The van der Waals surface area contributed by atoms with E-state index in [0.717, 1.165) is 39.9 Å². The van der Waals surface area contributed by atoms with E-state index in [2.05, 4.69) is 0 Å². The Morgan fingerprint density at radius 2 is 1.88 bits per heavy atom. The number of amides is 1. The molecule has 4 rings (SSSR count). The minimum atomic E-state index is -0.522. The van der Waals surface area contributed by atoms with Crippen LogP contribution in [0.1, 0.15) is 18.4 Å². The van der Waals surface area contributed by atoms with E-state index in [1.807, 2.05) is 47.8 Å². The van der Waals surface area contributed by atoms with Crippen molar-refractivity contribution < 1.29 is 23.7 Å². The van der Waals surface area contributed by atoms with Crippen LogP contribution in [-0.4, -0.2) is 51.0 Å². The third-order valence-electron chi connectivity index (χ3n) is 5.39.